The molecule has 6 aromatic rings. The van der Waals surface area contributed by atoms with E-state index >= 15 is 0 Å². The molecule has 3 aromatic carbocycles. The number of fused-ring (bicyclic) bond motifs is 2. The molecule has 4 N–H and O–H groups in total. The number of aromatic nitrogens is 4. The number of aromatic amines is 1. The highest BCUT2D eigenvalue weighted by Gasteiger charge is 2.32. The summed E-state index contributed by atoms with van der Waals surface area (Å²) >= 11 is 6.26. The van der Waals surface area contributed by atoms with Crippen LogP contribution in [0.1, 0.15) is 81.6 Å². The number of H-pyrrole nitrogens is 1. The van der Waals surface area contributed by atoms with Crippen LogP contribution >= 0.6 is 11.6 Å². The minimum Gasteiger partial charge on any atom is -0.390 e. The number of nitrogens with one attached hydrogen (secondary N) is 3. The van der Waals surface area contributed by atoms with Crippen LogP contribution in [0.3, 0.4) is 0 Å². The van der Waals surface area contributed by atoms with Crippen LogP contribution in [0.25, 0.3) is 33.3 Å². The van der Waals surface area contributed by atoms with Gasteiger partial charge in [0.2, 0.25) is 0 Å². The molecule has 340 valence electrons. The second-order valence-electron chi connectivity index (χ2n) is 19.0. The maximum Gasteiger partial charge on any atom is 0.293 e. The number of benzene rings is 3. The number of aliphatic hydroxyl groups is 1. The minimum atomic E-state index is -4.59. The molecule has 65 heavy (non-hydrogen) atoms. The number of carbonyl (C=O) groups is 1. The predicted molar refractivity (Wildman–Crippen MR) is 254 cm³/mol. The van der Waals surface area contributed by atoms with Gasteiger partial charge in [0.05, 0.1) is 38.4 Å². The van der Waals surface area contributed by atoms with E-state index < -0.39 is 37.0 Å². The van der Waals surface area contributed by atoms with Crippen molar-refractivity contribution in [3.8, 4) is 5.69 Å². The molecule has 1 saturated carbocycles. The number of hydrogen-bond acceptors (Lipinski definition) is 11. The Balaban J connectivity index is 0.965. The van der Waals surface area contributed by atoms with Crippen LogP contribution in [0.4, 0.5) is 17.1 Å². The molecule has 3 aromatic heterocycles. The fourth-order valence-corrected chi connectivity index (χ4v) is 10.7. The van der Waals surface area contributed by atoms with Gasteiger partial charge in [-0.05, 0) is 129 Å². The van der Waals surface area contributed by atoms with Gasteiger partial charge in [-0.15, -0.1) is 0 Å². The van der Waals surface area contributed by atoms with Crippen LogP contribution in [0.15, 0.2) is 95.7 Å². The first-order valence-electron chi connectivity index (χ1n) is 22.2. The summed E-state index contributed by atoms with van der Waals surface area (Å²) in [7, 11) is -4.59. The van der Waals surface area contributed by atoms with Crippen molar-refractivity contribution in [2.45, 2.75) is 76.2 Å². The molecule has 17 heteroatoms. The Hall–Kier alpha value is -5.81. The third-order valence-electron chi connectivity index (χ3n) is 13.5. The zero-order chi connectivity index (χ0) is 45.7. The fraction of sp³-hybridized carbons (Fsp3) is 0.396. The van der Waals surface area contributed by atoms with E-state index in [4.69, 9.17) is 16.6 Å². The molecule has 0 radical (unpaired) electrons. The van der Waals surface area contributed by atoms with Crippen LogP contribution in [0.2, 0.25) is 5.02 Å². The lowest BCUT2D eigenvalue weighted by molar-refractivity contribution is -0.384. The number of anilines is 2. The van der Waals surface area contributed by atoms with E-state index in [9.17, 15) is 28.4 Å². The first kappa shape index (κ1) is 44.4. The van der Waals surface area contributed by atoms with Crippen molar-refractivity contribution < 1.29 is 23.2 Å². The number of halogens is 1. The fourth-order valence-electron chi connectivity index (χ4n) is 9.57. The van der Waals surface area contributed by atoms with Crippen molar-refractivity contribution in [3.05, 3.63) is 117 Å². The van der Waals surface area contributed by atoms with Gasteiger partial charge in [0.1, 0.15) is 16.9 Å². The molecule has 0 unspecified atom stereocenters. The standard InChI is InChI=1S/C48H54ClN9O6S/c1-47(2)16-14-34(39(27-47)32-4-6-35(49)7-5-32)30-55-20-22-56(23-21-55)36-8-10-38(42(25-36)57-43-24-33-15-19-50-45(33)53-41(43)29-52-57)46(59)54-65(63,64)37-9-11-40(44(26-37)58(61)62)51-28-31-12-17-48(3,60)18-13-31/h4-11,15,19,24-26,29,31,51,60H,12-14,16-18,20-23,27-28,30H2,1-3H3,(H,50,53)(H,54,59). The molecule has 0 bridgehead atoms. The Labute approximate surface area is 383 Å². The number of sulfonamides is 1. The number of rotatable bonds is 12. The third kappa shape index (κ3) is 9.62. The highest BCUT2D eigenvalue weighted by molar-refractivity contribution is 7.90. The highest BCUT2D eigenvalue weighted by Crippen LogP contribution is 2.43. The van der Waals surface area contributed by atoms with Gasteiger partial charge < -0.3 is 20.3 Å². The van der Waals surface area contributed by atoms with Gasteiger partial charge >= 0.3 is 0 Å². The van der Waals surface area contributed by atoms with Gasteiger partial charge in [0, 0.05) is 67.6 Å². The van der Waals surface area contributed by atoms with E-state index in [0.29, 0.717) is 41.8 Å². The van der Waals surface area contributed by atoms with Gasteiger partial charge in [-0.1, -0.05) is 43.2 Å². The Morgan fingerprint density at radius 3 is 2.48 bits per heavy atom. The first-order valence-corrected chi connectivity index (χ1v) is 24.1. The lowest BCUT2D eigenvalue weighted by atomic mass is 9.72. The van der Waals surface area contributed by atoms with Crippen molar-refractivity contribution >= 4 is 72.2 Å². The average molecular weight is 921 g/mol. The maximum atomic E-state index is 14.2. The number of piperazine rings is 1. The Bertz CT molecular complexity index is 2930. The Kier molecular flexibility index (Phi) is 12.0. The zero-order valence-corrected chi connectivity index (χ0v) is 38.4. The van der Waals surface area contributed by atoms with Crippen LogP contribution in [-0.4, -0.2) is 93.9 Å². The molecule has 9 rings (SSSR count). The monoisotopic (exact) mass is 919 g/mol. The van der Waals surface area contributed by atoms with Crippen molar-refractivity contribution in [1.29, 1.82) is 0 Å². The number of allylic oxidation sites excluding steroid dienone is 1. The van der Waals surface area contributed by atoms with Crippen LogP contribution in [0, 0.1) is 21.4 Å². The molecule has 1 amide bonds. The maximum absolute atomic E-state index is 14.2. The summed E-state index contributed by atoms with van der Waals surface area (Å²) in [6.45, 7) is 10.9. The summed E-state index contributed by atoms with van der Waals surface area (Å²) in [4.78, 5) is 38.0. The summed E-state index contributed by atoms with van der Waals surface area (Å²) in [5, 5.41) is 31.9. The van der Waals surface area contributed by atoms with Crippen molar-refractivity contribution in [3.63, 3.8) is 0 Å². The zero-order valence-electron chi connectivity index (χ0n) is 36.8. The largest absolute Gasteiger partial charge is 0.390 e. The average Bonchev–Trinajstić information content (AvgIpc) is 3.92. The topological polar surface area (TPSA) is 192 Å². The molecule has 0 atom stereocenters. The van der Waals surface area contributed by atoms with Gasteiger partial charge in [-0.25, -0.2) is 22.8 Å². The molecule has 1 aliphatic heterocycles. The van der Waals surface area contributed by atoms with Crippen molar-refractivity contribution in [2.24, 2.45) is 11.3 Å². The van der Waals surface area contributed by atoms with E-state index in [1.807, 2.05) is 43.3 Å². The number of amides is 1. The molecule has 2 fully saturated rings. The molecule has 4 heterocycles. The summed E-state index contributed by atoms with van der Waals surface area (Å²) in [5.41, 5.74) is 6.46. The number of nitro benzene ring substituents is 1. The summed E-state index contributed by atoms with van der Waals surface area (Å²) in [5.74, 6) is -0.722. The number of pyridine rings is 1. The minimum absolute atomic E-state index is 0.0382. The second-order valence-corrected chi connectivity index (χ2v) is 21.1. The van der Waals surface area contributed by atoms with Gasteiger partial charge in [-0.3, -0.25) is 19.8 Å². The third-order valence-corrected chi connectivity index (χ3v) is 15.1. The quantitative estimate of drug-likeness (QED) is 0.0678. The van der Waals surface area contributed by atoms with Gasteiger partial charge in [0.25, 0.3) is 21.6 Å². The lowest BCUT2D eigenvalue weighted by Crippen LogP contribution is -2.47. The number of carbonyl (C=O) groups excluding carboxylic acids is 1. The first-order chi connectivity index (χ1) is 31.0. The van der Waals surface area contributed by atoms with E-state index in [1.54, 1.807) is 23.1 Å². The second kappa shape index (κ2) is 17.5. The highest BCUT2D eigenvalue weighted by atomic mass is 35.5. The predicted octanol–water partition coefficient (Wildman–Crippen LogP) is 8.72. The van der Waals surface area contributed by atoms with Gasteiger partial charge in [-0.2, -0.15) is 5.10 Å². The molecular weight excluding hydrogens is 866 g/mol. The van der Waals surface area contributed by atoms with Crippen LogP contribution < -0.4 is 14.9 Å². The SMILES string of the molecule is CC1(C)CCC(CN2CCN(c3ccc(C(=O)NS(=O)(=O)c4ccc(NCC5CCC(C)(O)CC5)c([N+](=O)[O-])c4)c(-n4ncc5nc6[nH]ccc6cc54)c3)CC2)=C(c2ccc(Cl)cc2)C1. The molecule has 2 aliphatic carbocycles. The summed E-state index contributed by atoms with van der Waals surface area (Å²) in [6.07, 6.45) is 9.37. The number of nitro groups is 1. The molecule has 1 saturated heterocycles. The smallest absolute Gasteiger partial charge is 0.293 e. The van der Waals surface area contributed by atoms with Crippen LogP contribution in [0.5, 0.6) is 0 Å². The van der Waals surface area contributed by atoms with E-state index in [0.717, 1.165) is 87.0 Å². The lowest BCUT2D eigenvalue weighted by Gasteiger charge is -2.39. The molecule has 3 aliphatic rings. The molecular formula is C48H54ClN9O6S. The summed E-state index contributed by atoms with van der Waals surface area (Å²) < 4.78 is 31.5. The van der Waals surface area contributed by atoms with E-state index in [2.05, 4.69) is 55.9 Å². The number of nitrogens with zero attached hydrogens (tertiary/aromatic N) is 6. The number of hydrogen-bond donors (Lipinski definition) is 4. The van der Waals surface area contributed by atoms with E-state index in [-0.39, 0.29) is 22.6 Å². The van der Waals surface area contributed by atoms with Crippen molar-refractivity contribution in [2.75, 3.05) is 49.5 Å². The Morgan fingerprint density at radius 2 is 1.74 bits per heavy atom. The van der Waals surface area contributed by atoms with E-state index in [1.165, 1.54) is 28.8 Å². The van der Waals surface area contributed by atoms with Crippen molar-refractivity contribution in [1.82, 2.24) is 29.4 Å². The summed E-state index contributed by atoms with van der Waals surface area (Å²) in [6, 6.07) is 20.8. The molecule has 15 nitrogen and oxygen atoms in total. The van der Waals surface area contributed by atoms with Crippen LogP contribution in [-0.2, 0) is 10.0 Å². The molecule has 0 spiro atoms. The van der Waals surface area contributed by atoms with Gasteiger partial charge in [0.15, 0.2) is 0 Å². The Morgan fingerprint density at radius 1 is 0.985 bits per heavy atom. The normalized spacial score (nSPS) is 20.6.